The van der Waals surface area contributed by atoms with Crippen LogP contribution in [0.1, 0.15) is 25.3 Å². The van der Waals surface area contributed by atoms with Gasteiger partial charge in [0.15, 0.2) is 0 Å². The first-order valence-electron chi connectivity index (χ1n) is 6.25. The van der Waals surface area contributed by atoms with Gasteiger partial charge in [0.2, 0.25) is 0 Å². The normalized spacial score (nSPS) is 11.8. The zero-order valence-corrected chi connectivity index (χ0v) is 11.0. The molecule has 0 radical (unpaired) electrons. The molecular formula is C14H19NO4. The number of benzene rings is 1. The predicted molar refractivity (Wildman–Crippen MR) is 70.6 cm³/mol. The van der Waals surface area contributed by atoms with Crippen molar-refractivity contribution in [2.45, 2.75) is 32.4 Å². The zero-order valence-electron chi connectivity index (χ0n) is 11.0. The monoisotopic (exact) mass is 265 g/mol. The molecule has 0 fully saturated rings. The smallest absolute Gasteiger partial charge is 0.320 e. The van der Waals surface area contributed by atoms with Gasteiger partial charge >= 0.3 is 11.9 Å². The lowest BCUT2D eigenvalue weighted by Gasteiger charge is -2.08. The van der Waals surface area contributed by atoms with Gasteiger partial charge in [-0.05, 0) is 25.5 Å². The average molecular weight is 265 g/mol. The fourth-order valence-corrected chi connectivity index (χ4v) is 1.45. The Bertz CT molecular complexity index is 405. The van der Waals surface area contributed by atoms with Crippen LogP contribution in [0, 0.1) is 0 Å². The summed E-state index contributed by atoms with van der Waals surface area (Å²) in [7, 11) is 0. The summed E-state index contributed by atoms with van der Waals surface area (Å²) in [5.41, 5.74) is 0.952. The van der Waals surface area contributed by atoms with Gasteiger partial charge in [-0.1, -0.05) is 30.3 Å². The molecule has 0 spiro atoms. The van der Waals surface area contributed by atoms with Crippen molar-refractivity contribution in [2.75, 3.05) is 6.54 Å². The maximum atomic E-state index is 11.4. The van der Waals surface area contributed by atoms with Crippen molar-refractivity contribution in [1.29, 1.82) is 0 Å². The molecule has 19 heavy (non-hydrogen) atoms. The Morgan fingerprint density at radius 2 is 2.00 bits per heavy atom. The van der Waals surface area contributed by atoms with E-state index in [2.05, 4.69) is 5.32 Å². The summed E-state index contributed by atoms with van der Waals surface area (Å²) >= 11 is 0. The molecule has 0 saturated heterocycles. The number of nitrogens with one attached hydrogen (secondary N) is 1. The molecule has 0 unspecified atom stereocenters. The summed E-state index contributed by atoms with van der Waals surface area (Å²) in [6.45, 7) is 2.32. The number of hydrogen-bond acceptors (Lipinski definition) is 4. The number of esters is 1. The van der Waals surface area contributed by atoms with Crippen LogP contribution in [-0.2, 0) is 20.9 Å². The standard InChI is InChI=1S/C14H19NO4/c1-11(14(17)18)15-9-5-8-13(16)19-10-12-6-3-2-4-7-12/h2-4,6-7,11,15H,5,8-10H2,1H3,(H,17,18)/t11-/m0/s1. The minimum absolute atomic E-state index is 0.270. The number of aliphatic carboxylic acids is 1. The second-order valence-electron chi connectivity index (χ2n) is 4.26. The van der Waals surface area contributed by atoms with Crippen LogP contribution < -0.4 is 5.32 Å². The molecule has 0 bridgehead atoms. The Kier molecular flexibility index (Phi) is 6.60. The van der Waals surface area contributed by atoms with Crippen molar-refractivity contribution in [3.05, 3.63) is 35.9 Å². The van der Waals surface area contributed by atoms with Gasteiger partial charge in [0, 0.05) is 6.42 Å². The molecule has 0 aliphatic rings. The highest BCUT2D eigenvalue weighted by atomic mass is 16.5. The van der Waals surface area contributed by atoms with Crippen molar-refractivity contribution in [2.24, 2.45) is 0 Å². The molecule has 1 rings (SSSR count). The first kappa shape index (κ1) is 15.2. The zero-order chi connectivity index (χ0) is 14.1. The topological polar surface area (TPSA) is 75.6 Å². The third-order valence-corrected chi connectivity index (χ3v) is 2.62. The van der Waals surface area contributed by atoms with E-state index in [-0.39, 0.29) is 19.0 Å². The third-order valence-electron chi connectivity index (χ3n) is 2.62. The highest BCUT2D eigenvalue weighted by Crippen LogP contribution is 2.02. The Labute approximate surface area is 112 Å². The number of carboxylic acids is 1. The Balaban J connectivity index is 2.10. The third kappa shape index (κ3) is 6.57. The summed E-state index contributed by atoms with van der Waals surface area (Å²) < 4.78 is 5.10. The van der Waals surface area contributed by atoms with Gasteiger partial charge in [-0.3, -0.25) is 9.59 Å². The van der Waals surface area contributed by atoms with Crippen LogP contribution in [0.4, 0.5) is 0 Å². The van der Waals surface area contributed by atoms with E-state index in [1.807, 2.05) is 30.3 Å². The fraction of sp³-hybridized carbons (Fsp3) is 0.429. The molecule has 0 aliphatic heterocycles. The number of ether oxygens (including phenoxy) is 1. The number of carbonyl (C=O) groups excluding carboxylic acids is 1. The van der Waals surface area contributed by atoms with Crippen molar-refractivity contribution >= 4 is 11.9 Å². The van der Waals surface area contributed by atoms with Crippen molar-refractivity contribution in [3.63, 3.8) is 0 Å². The molecule has 104 valence electrons. The van der Waals surface area contributed by atoms with Gasteiger partial charge in [0.1, 0.15) is 12.6 Å². The summed E-state index contributed by atoms with van der Waals surface area (Å²) in [4.78, 5) is 22.0. The van der Waals surface area contributed by atoms with Gasteiger partial charge < -0.3 is 15.2 Å². The van der Waals surface area contributed by atoms with Crippen molar-refractivity contribution < 1.29 is 19.4 Å². The van der Waals surface area contributed by atoms with E-state index >= 15 is 0 Å². The van der Waals surface area contributed by atoms with Crippen LogP contribution in [-0.4, -0.2) is 29.6 Å². The first-order chi connectivity index (χ1) is 9.09. The highest BCUT2D eigenvalue weighted by molar-refractivity contribution is 5.72. The van der Waals surface area contributed by atoms with E-state index in [9.17, 15) is 9.59 Å². The number of hydrogen-bond donors (Lipinski definition) is 2. The lowest BCUT2D eigenvalue weighted by Crippen LogP contribution is -2.34. The number of carboxylic acid groups (broad SMARTS) is 1. The lowest BCUT2D eigenvalue weighted by atomic mass is 10.2. The summed E-state index contributed by atoms with van der Waals surface area (Å²) in [6, 6.07) is 8.87. The van der Waals surface area contributed by atoms with Gasteiger partial charge in [-0.25, -0.2) is 0 Å². The molecule has 5 heteroatoms. The van der Waals surface area contributed by atoms with Gasteiger partial charge in [-0.2, -0.15) is 0 Å². The largest absolute Gasteiger partial charge is 0.480 e. The van der Waals surface area contributed by atoms with Gasteiger partial charge in [0.05, 0.1) is 0 Å². The molecule has 1 aromatic carbocycles. The maximum absolute atomic E-state index is 11.4. The molecule has 2 N–H and O–H groups in total. The molecule has 0 aliphatic carbocycles. The number of carbonyl (C=O) groups is 2. The Morgan fingerprint density at radius 3 is 2.63 bits per heavy atom. The molecular weight excluding hydrogens is 246 g/mol. The van der Waals surface area contributed by atoms with E-state index in [1.165, 1.54) is 0 Å². The molecule has 1 atom stereocenters. The number of rotatable bonds is 8. The highest BCUT2D eigenvalue weighted by Gasteiger charge is 2.09. The van der Waals surface area contributed by atoms with Gasteiger partial charge in [-0.15, -0.1) is 0 Å². The summed E-state index contributed by atoms with van der Waals surface area (Å²) in [6.07, 6.45) is 0.845. The first-order valence-corrected chi connectivity index (χ1v) is 6.25. The van der Waals surface area contributed by atoms with E-state index in [4.69, 9.17) is 9.84 Å². The van der Waals surface area contributed by atoms with E-state index in [1.54, 1.807) is 6.92 Å². The van der Waals surface area contributed by atoms with Gasteiger partial charge in [0.25, 0.3) is 0 Å². The van der Waals surface area contributed by atoms with Crippen molar-refractivity contribution in [1.82, 2.24) is 5.32 Å². The molecule has 1 aromatic rings. The van der Waals surface area contributed by atoms with Crippen LogP contribution in [0.5, 0.6) is 0 Å². The quantitative estimate of drug-likeness (QED) is 0.551. The molecule has 0 amide bonds. The predicted octanol–water partition coefficient (Wildman–Crippen LogP) is 1.57. The summed E-state index contributed by atoms with van der Waals surface area (Å²) in [5.74, 6) is -1.17. The second-order valence-corrected chi connectivity index (χ2v) is 4.26. The molecule has 0 heterocycles. The van der Waals surface area contributed by atoms with E-state index < -0.39 is 12.0 Å². The van der Waals surface area contributed by atoms with Crippen LogP contribution in [0.3, 0.4) is 0 Å². The minimum Gasteiger partial charge on any atom is -0.480 e. The SMILES string of the molecule is C[C@H](NCCCC(=O)OCc1ccccc1)C(=O)O. The second kappa shape index (κ2) is 8.26. The Hall–Kier alpha value is -1.88. The molecule has 0 aromatic heterocycles. The van der Waals surface area contributed by atoms with Crippen LogP contribution in [0.15, 0.2) is 30.3 Å². The van der Waals surface area contributed by atoms with Crippen LogP contribution >= 0.6 is 0 Å². The Morgan fingerprint density at radius 1 is 1.32 bits per heavy atom. The van der Waals surface area contributed by atoms with Crippen LogP contribution in [0.25, 0.3) is 0 Å². The fourth-order valence-electron chi connectivity index (χ4n) is 1.45. The molecule has 0 saturated carbocycles. The maximum Gasteiger partial charge on any atom is 0.320 e. The molecule has 5 nitrogen and oxygen atoms in total. The van der Waals surface area contributed by atoms with E-state index in [0.717, 1.165) is 5.56 Å². The lowest BCUT2D eigenvalue weighted by molar-refractivity contribution is -0.145. The van der Waals surface area contributed by atoms with E-state index in [0.29, 0.717) is 13.0 Å². The average Bonchev–Trinajstić information content (AvgIpc) is 2.42. The van der Waals surface area contributed by atoms with Crippen molar-refractivity contribution in [3.8, 4) is 0 Å². The minimum atomic E-state index is -0.897. The summed E-state index contributed by atoms with van der Waals surface area (Å²) in [5, 5.41) is 11.5. The van der Waals surface area contributed by atoms with Crippen LogP contribution in [0.2, 0.25) is 0 Å².